The van der Waals surface area contributed by atoms with Gasteiger partial charge in [0.15, 0.2) is 14.9 Å². The standard InChI is InChI=1S/C27H31N5O4S/c1-31-13-3-5-23(31)19-7-11-25(28-16-19)30-21-8-10-24(20(15-21)18-32-14-4-6-27(32)33)36-22-9-12-26(29-17-22)37(2,34)35/h7-12,15-17,23H,3-6,13-14,18H2,1-2H3,(H,28,30)/t23-/m0/s1. The Labute approximate surface area is 217 Å². The summed E-state index contributed by atoms with van der Waals surface area (Å²) in [5, 5.41) is 3.35. The molecule has 0 unspecified atom stereocenters. The number of amides is 1. The molecular weight excluding hydrogens is 490 g/mol. The summed E-state index contributed by atoms with van der Waals surface area (Å²) in [6.45, 7) is 2.23. The first-order chi connectivity index (χ1) is 17.8. The van der Waals surface area contributed by atoms with Crippen molar-refractivity contribution in [3.8, 4) is 11.5 Å². The number of hydrogen-bond acceptors (Lipinski definition) is 8. The Morgan fingerprint density at radius 2 is 1.92 bits per heavy atom. The second-order valence-electron chi connectivity index (χ2n) is 9.69. The van der Waals surface area contributed by atoms with Gasteiger partial charge in [0.1, 0.15) is 17.3 Å². The molecule has 2 saturated heterocycles. The molecule has 0 radical (unpaired) electrons. The SMILES string of the molecule is CN1CCC[C@H]1c1ccc(Nc2ccc(Oc3ccc(S(C)(=O)=O)nc3)c(CN3CCCC3=O)c2)nc1. The maximum Gasteiger partial charge on any atom is 0.222 e. The smallest absolute Gasteiger partial charge is 0.222 e. The number of carbonyl (C=O) groups is 1. The molecule has 5 rings (SSSR count). The third kappa shape index (κ3) is 5.91. The fourth-order valence-corrected chi connectivity index (χ4v) is 5.45. The van der Waals surface area contributed by atoms with Gasteiger partial charge in [-0.05, 0) is 74.8 Å². The van der Waals surface area contributed by atoms with E-state index in [-0.39, 0.29) is 10.9 Å². The van der Waals surface area contributed by atoms with Crippen molar-refractivity contribution in [1.82, 2.24) is 19.8 Å². The lowest BCUT2D eigenvalue weighted by Gasteiger charge is -2.20. The molecule has 0 aliphatic carbocycles. The van der Waals surface area contributed by atoms with Gasteiger partial charge in [-0.2, -0.15) is 0 Å². The summed E-state index contributed by atoms with van der Waals surface area (Å²) in [5.74, 6) is 1.85. The second kappa shape index (κ2) is 10.5. The van der Waals surface area contributed by atoms with Gasteiger partial charge in [0.25, 0.3) is 0 Å². The molecular formula is C27H31N5O4S. The van der Waals surface area contributed by atoms with Gasteiger partial charge in [0.05, 0.1) is 6.20 Å². The fourth-order valence-electron chi connectivity index (χ4n) is 4.89. The van der Waals surface area contributed by atoms with Crippen LogP contribution in [0.5, 0.6) is 11.5 Å². The van der Waals surface area contributed by atoms with Gasteiger partial charge in [-0.1, -0.05) is 6.07 Å². The van der Waals surface area contributed by atoms with Crippen LogP contribution in [0.25, 0.3) is 0 Å². The van der Waals surface area contributed by atoms with E-state index in [0.29, 0.717) is 37.1 Å². The normalized spacial score (nSPS) is 18.4. The maximum atomic E-state index is 12.3. The van der Waals surface area contributed by atoms with E-state index in [0.717, 1.165) is 42.7 Å². The minimum atomic E-state index is -3.40. The molecule has 3 aromatic rings. The van der Waals surface area contributed by atoms with Crippen LogP contribution >= 0.6 is 0 Å². The number of sulfone groups is 1. The molecule has 10 heteroatoms. The molecule has 2 aromatic heterocycles. The summed E-state index contributed by atoms with van der Waals surface area (Å²) in [6.07, 6.45) is 8.19. The average Bonchev–Trinajstić information content (AvgIpc) is 3.48. The highest BCUT2D eigenvalue weighted by molar-refractivity contribution is 7.90. The van der Waals surface area contributed by atoms with E-state index in [4.69, 9.17) is 4.74 Å². The van der Waals surface area contributed by atoms with Crippen molar-refractivity contribution < 1.29 is 17.9 Å². The molecule has 1 aromatic carbocycles. The van der Waals surface area contributed by atoms with Crippen LogP contribution in [-0.2, 0) is 21.2 Å². The summed E-state index contributed by atoms with van der Waals surface area (Å²) < 4.78 is 29.5. The average molecular weight is 522 g/mol. The highest BCUT2D eigenvalue weighted by Gasteiger charge is 2.23. The predicted octanol–water partition coefficient (Wildman–Crippen LogP) is 4.31. The molecule has 0 spiro atoms. The number of carbonyl (C=O) groups excluding carboxylic acids is 1. The zero-order valence-electron chi connectivity index (χ0n) is 21.1. The molecule has 2 fully saturated rings. The number of hydrogen-bond donors (Lipinski definition) is 1. The molecule has 4 heterocycles. The zero-order chi connectivity index (χ0) is 26.0. The monoisotopic (exact) mass is 521 g/mol. The summed E-state index contributed by atoms with van der Waals surface area (Å²) in [4.78, 5) is 25.1. The number of ether oxygens (including phenoxy) is 1. The third-order valence-electron chi connectivity index (χ3n) is 6.87. The number of likely N-dealkylation sites (tertiary alicyclic amines) is 2. The van der Waals surface area contributed by atoms with E-state index in [1.54, 1.807) is 6.07 Å². The fraction of sp³-hybridized carbons (Fsp3) is 0.370. The van der Waals surface area contributed by atoms with Crippen molar-refractivity contribution >= 4 is 27.2 Å². The number of rotatable bonds is 8. The highest BCUT2D eigenvalue weighted by Crippen LogP contribution is 2.33. The Balaban J connectivity index is 1.36. The van der Waals surface area contributed by atoms with Crippen LogP contribution in [0.2, 0.25) is 0 Å². The Bertz CT molecular complexity index is 1380. The number of benzene rings is 1. The van der Waals surface area contributed by atoms with E-state index in [2.05, 4.69) is 33.3 Å². The van der Waals surface area contributed by atoms with Gasteiger partial charge in [-0.25, -0.2) is 18.4 Å². The summed E-state index contributed by atoms with van der Waals surface area (Å²) in [5.41, 5.74) is 2.88. The summed E-state index contributed by atoms with van der Waals surface area (Å²) in [6, 6.07) is 13.2. The van der Waals surface area contributed by atoms with Crippen LogP contribution in [0.1, 0.15) is 42.9 Å². The number of pyridine rings is 2. The quantitative estimate of drug-likeness (QED) is 0.468. The molecule has 0 saturated carbocycles. The van der Waals surface area contributed by atoms with Crippen LogP contribution in [0.3, 0.4) is 0 Å². The Kier molecular flexibility index (Phi) is 7.12. The number of aromatic nitrogens is 2. The topological polar surface area (TPSA) is 105 Å². The van der Waals surface area contributed by atoms with Crippen molar-refractivity contribution in [3.63, 3.8) is 0 Å². The predicted molar refractivity (Wildman–Crippen MR) is 141 cm³/mol. The van der Waals surface area contributed by atoms with Gasteiger partial charge >= 0.3 is 0 Å². The molecule has 2 aliphatic rings. The Hall–Kier alpha value is -3.50. The Morgan fingerprint density at radius 3 is 2.54 bits per heavy atom. The molecule has 37 heavy (non-hydrogen) atoms. The van der Waals surface area contributed by atoms with Crippen LogP contribution in [0.15, 0.2) is 59.9 Å². The lowest BCUT2D eigenvalue weighted by atomic mass is 10.1. The van der Waals surface area contributed by atoms with Gasteiger partial charge in [0, 0.05) is 49.3 Å². The minimum absolute atomic E-state index is 0.0135. The van der Waals surface area contributed by atoms with E-state index in [1.807, 2.05) is 35.4 Å². The molecule has 2 aliphatic heterocycles. The summed E-state index contributed by atoms with van der Waals surface area (Å²) in [7, 11) is -1.25. The lowest BCUT2D eigenvalue weighted by Crippen LogP contribution is -2.24. The van der Waals surface area contributed by atoms with Crippen LogP contribution < -0.4 is 10.1 Å². The van der Waals surface area contributed by atoms with Gasteiger partial charge in [-0.15, -0.1) is 0 Å². The van der Waals surface area contributed by atoms with Gasteiger partial charge in [-0.3, -0.25) is 9.69 Å². The van der Waals surface area contributed by atoms with Crippen LogP contribution in [0.4, 0.5) is 11.5 Å². The lowest BCUT2D eigenvalue weighted by molar-refractivity contribution is -0.128. The van der Waals surface area contributed by atoms with E-state index >= 15 is 0 Å². The second-order valence-corrected chi connectivity index (χ2v) is 11.7. The molecule has 1 N–H and O–H groups in total. The first-order valence-corrected chi connectivity index (χ1v) is 14.3. The molecule has 1 atom stereocenters. The number of anilines is 2. The van der Waals surface area contributed by atoms with Crippen molar-refractivity contribution in [2.75, 3.05) is 31.7 Å². The van der Waals surface area contributed by atoms with Gasteiger partial charge in [0.2, 0.25) is 5.91 Å². The maximum absolute atomic E-state index is 12.3. The van der Waals surface area contributed by atoms with Crippen molar-refractivity contribution in [2.45, 2.75) is 43.3 Å². The first-order valence-electron chi connectivity index (χ1n) is 12.4. The number of nitrogens with one attached hydrogen (secondary N) is 1. The van der Waals surface area contributed by atoms with E-state index < -0.39 is 9.84 Å². The molecule has 1 amide bonds. The first kappa shape index (κ1) is 25.2. The third-order valence-corrected chi connectivity index (χ3v) is 7.88. The van der Waals surface area contributed by atoms with Crippen LogP contribution in [0, 0.1) is 0 Å². The molecule has 0 bridgehead atoms. The number of nitrogens with zero attached hydrogens (tertiary/aromatic N) is 4. The largest absolute Gasteiger partial charge is 0.455 e. The summed E-state index contributed by atoms with van der Waals surface area (Å²) >= 11 is 0. The van der Waals surface area contributed by atoms with Crippen LogP contribution in [-0.4, -0.2) is 60.5 Å². The van der Waals surface area contributed by atoms with Crippen molar-refractivity contribution in [2.24, 2.45) is 0 Å². The highest BCUT2D eigenvalue weighted by atomic mass is 32.2. The van der Waals surface area contributed by atoms with Gasteiger partial charge < -0.3 is 15.0 Å². The molecule has 9 nitrogen and oxygen atoms in total. The molecule has 194 valence electrons. The zero-order valence-corrected chi connectivity index (χ0v) is 21.9. The minimum Gasteiger partial charge on any atom is -0.455 e. The van der Waals surface area contributed by atoms with Crippen molar-refractivity contribution in [3.05, 3.63) is 66.0 Å². The van der Waals surface area contributed by atoms with E-state index in [1.165, 1.54) is 24.2 Å². The Morgan fingerprint density at radius 1 is 1.05 bits per heavy atom. The van der Waals surface area contributed by atoms with E-state index in [9.17, 15) is 13.2 Å². The van der Waals surface area contributed by atoms with Crippen molar-refractivity contribution in [1.29, 1.82) is 0 Å².